The lowest BCUT2D eigenvalue weighted by atomic mass is 10.1. The summed E-state index contributed by atoms with van der Waals surface area (Å²) < 4.78 is 0. The number of nitrogens with one attached hydrogen (secondary N) is 2. The number of halogens is 1. The zero-order valence-corrected chi connectivity index (χ0v) is 13.7. The Kier molecular flexibility index (Phi) is 9.91. The molecule has 5 heteroatoms. The van der Waals surface area contributed by atoms with Crippen LogP contribution >= 0.6 is 24.0 Å². The Morgan fingerprint density at radius 2 is 1.94 bits per heavy atom. The lowest BCUT2D eigenvalue weighted by Crippen LogP contribution is -2.48. The van der Waals surface area contributed by atoms with E-state index >= 15 is 0 Å². The van der Waals surface area contributed by atoms with E-state index < -0.39 is 0 Å². The first-order valence-corrected chi connectivity index (χ1v) is 6.49. The molecule has 0 aromatic heterocycles. The first-order chi connectivity index (χ1) is 7.80. The topological polar surface area (TPSA) is 39.7 Å². The normalized spacial score (nSPS) is 18.6. The van der Waals surface area contributed by atoms with Crippen molar-refractivity contribution in [2.75, 3.05) is 33.2 Å². The monoisotopic (exact) mass is 354 g/mol. The second-order valence-corrected chi connectivity index (χ2v) is 4.36. The van der Waals surface area contributed by atoms with Crippen molar-refractivity contribution in [2.24, 2.45) is 4.99 Å². The highest BCUT2D eigenvalue weighted by molar-refractivity contribution is 14.0. The van der Waals surface area contributed by atoms with Gasteiger partial charge in [0.05, 0.1) is 0 Å². The molecular formula is C12H27IN4. The Hall–Kier alpha value is -0.0400. The highest BCUT2D eigenvalue weighted by Gasteiger charge is 2.18. The van der Waals surface area contributed by atoms with Crippen LogP contribution < -0.4 is 10.6 Å². The fourth-order valence-electron chi connectivity index (χ4n) is 2.17. The first-order valence-electron chi connectivity index (χ1n) is 6.49. The van der Waals surface area contributed by atoms with Gasteiger partial charge in [-0.3, -0.25) is 4.99 Å². The summed E-state index contributed by atoms with van der Waals surface area (Å²) in [6.07, 6.45) is 3.71. The van der Waals surface area contributed by atoms with Gasteiger partial charge >= 0.3 is 0 Å². The van der Waals surface area contributed by atoms with Crippen molar-refractivity contribution >= 4 is 29.9 Å². The maximum Gasteiger partial charge on any atom is 0.191 e. The second kappa shape index (κ2) is 9.94. The third-order valence-electron chi connectivity index (χ3n) is 3.04. The quantitative estimate of drug-likeness (QED) is 0.458. The summed E-state index contributed by atoms with van der Waals surface area (Å²) in [7, 11) is 1.83. The molecule has 17 heavy (non-hydrogen) atoms. The van der Waals surface area contributed by atoms with Crippen LogP contribution in [-0.4, -0.2) is 50.1 Å². The highest BCUT2D eigenvalue weighted by atomic mass is 127. The van der Waals surface area contributed by atoms with Crippen molar-refractivity contribution in [2.45, 2.75) is 39.2 Å². The van der Waals surface area contributed by atoms with Crippen molar-refractivity contribution in [3.63, 3.8) is 0 Å². The van der Waals surface area contributed by atoms with E-state index in [2.05, 4.69) is 34.4 Å². The van der Waals surface area contributed by atoms with Crippen molar-refractivity contribution in [3.8, 4) is 0 Å². The Morgan fingerprint density at radius 1 is 1.29 bits per heavy atom. The van der Waals surface area contributed by atoms with Crippen molar-refractivity contribution < 1.29 is 0 Å². The molecule has 2 N–H and O–H groups in total. The maximum atomic E-state index is 4.21. The van der Waals surface area contributed by atoms with Gasteiger partial charge in [0.2, 0.25) is 0 Å². The molecular weight excluding hydrogens is 327 g/mol. The van der Waals surface area contributed by atoms with E-state index in [1.165, 1.54) is 38.9 Å². The van der Waals surface area contributed by atoms with E-state index in [9.17, 15) is 0 Å². The van der Waals surface area contributed by atoms with Crippen LogP contribution in [0.4, 0.5) is 0 Å². The molecule has 1 saturated heterocycles. The SMILES string of the molecule is CCCN1CCC(NC(=NC)NCC)CC1.I. The zero-order chi connectivity index (χ0) is 11.8. The van der Waals surface area contributed by atoms with Gasteiger partial charge in [-0.05, 0) is 32.7 Å². The van der Waals surface area contributed by atoms with E-state index in [1.807, 2.05) is 7.05 Å². The summed E-state index contributed by atoms with van der Waals surface area (Å²) >= 11 is 0. The van der Waals surface area contributed by atoms with Crippen LogP contribution in [0.15, 0.2) is 4.99 Å². The highest BCUT2D eigenvalue weighted by Crippen LogP contribution is 2.10. The summed E-state index contributed by atoms with van der Waals surface area (Å²) in [5.74, 6) is 0.941. The van der Waals surface area contributed by atoms with Gasteiger partial charge in [0, 0.05) is 32.7 Å². The van der Waals surface area contributed by atoms with Crippen LogP contribution in [0.3, 0.4) is 0 Å². The summed E-state index contributed by atoms with van der Waals surface area (Å²) in [6, 6.07) is 0.589. The largest absolute Gasteiger partial charge is 0.357 e. The molecule has 0 aliphatic carbocycles. The fraction of sp³-hybridized carbons (Fsp3) is 0.917. The molecule has 0 bridgehead atoms. The maximum absolute atomic E-state index is 4.21. The number of nitrogens with zero attached hydrogens (tertiary/aromatic N) is 2. The van der Waals surface area contributed by atoms with E-state index in [4.69, 9.17) is 0 Å². The molecule has 0 atom stereocenters. The van der Waals surface area contributed by atoms with Gasteiger partial charge < -0.3 is 15.5 Å². The molecule has 0 spiro atoms. The van der Waals surface area contributed by atoms with Crippen LogP contribution in [-0.2, 0) is 0 Å². The Balaban J connectivity index is 0.00000256. The predicted octanol–water partition coefficient (Wildman–Crippen LogP) is 1.66. The van der Waals surface area contributed by atoms with Crippen LogP contribution in [0.25, 0.3) is 0 Å². The standard InChI is InChI=1S/C12H26N4.HI/c1-4-8-16-9-6-11(7-10-16)15-12(13-3)14-5-2;/h11H,4-10H2,1-3H3,(H2,13,14,15);1H. The molecule has 1 aliphatic rings. The lowest BCUT2D eigenvalue weighted by molar-refractivity contribution is 0.206. The molecule has 0 aromatic carbocycles. The minimum Gasteiger partial charge on any atom is -0.357 e. The third-order valence-corrected chi connectivity index (χ3v) is 3.04. The number of hydrogen-bond donors (Lipinski definition) is 2. The molecule has 1 fully saturated rings. The Morgan fingerprint density at radius 3 is 2.41 bits per heavy atom. The van der Waals surface area contributed by atoms with Crippen LogP contribution in [0, 0.1) is 0 Å². The molecule has 4 nitrogen and oxygen atoms in total. The van der Waals surface area contributed by atoms with Gasteiger partial charge in [0.15, 0.2) is 5.96 Å². The number of likely N-dealkylation sites (tertiary alicyclic amines) is 1. The van der Waals surface area contributed by atoms with Gasteiger partial charge in [-0.25, -0.2) is 0 Å². The predicted molar refractivity (Wildman–Crippen MR) is 85.3 cm³/mol. The minimum absolute atomic E-state index is 0. The first kappa shape index (κ1) is 17.0. The molecule has 0 saturated carbocycles. The molecule has 0 aromatic rings. The summed E-state index contributed by atoms with van der Waals surface area (Å²) in [5, 5.41) is 6.72. The van der Waals surface area contributed by atoms with Crippen molar-refractivity contribution in [1.82, 2.24) is 15.5 Å². The van der Waals surface area contributed by atoms with Crippen molar-refractivity contribution in [1.29, 1.82) is 0 Å². The number of aliphatic imine (C=N–C) groups is 1. The molecule has 0 unspecified atom stereocenters. The average Bonchev–Trinajstić information content (AvgIpc) is 2.31. The molecule has 1 heterocycles. The number of rotatable bonds is 4. The van der Waals surface area contributed by atoms with Gasteiger partial charge in [-0.2, -0.15) is 0 Å². The van der Waals surface area contributed by atoms with Crippen LogP contribution in [0.5, 0.6) is 0 Å². The molecule has 0 radical (unpaired) electrons. The van der Waals surface area contributed by atoms with E-state index in [-0.39, 0.29) is 24.0 Å². The second-order valence-electron chi connectivity index (χ2n) is 4.36. The smallest absolute Gasteiger partial charge is 0.191 e. The molecule has 1 rings (SSSR count). The number of guanidine groups is 1. The Labute approximate surface area is 123 Å². The van der Waals surface area contributed by atoms with Crippen LogP contribution in [0.2, 0.25) is 0 Å². The summed E-state index contributed by atoms with van der Waals surface area (Å²) in [5.41, 5.74) is 0. The summed E-state index contributed by atoms with van der Waals surface area (Å²) in [4.78, 5) is 6.76. The fourth-order valence-corrected chi connectivity index (χ4v) is 2.17. The van der Waals surface area contributed by atoms with Crippen molar-refractivity contribution in [3.05, 3.63) is 0 Å². The van der Waals surface area contributed by atoms with Gasteiger partial charge in [-0.15, -0.1) is 24.0 Å². The van der Waals surface area contributed by atoms with E-state index in [0.717, 1.165) is 12.5 Å². The van der Waals surface area contributed by atoms with Gasteiger partial charge in [-0.1, -0.05) is 6.92 Å². The third kappa shape index (κ3) is 6.45. The number of hydrogen-bond acceptors (Lipinski definition) is 2. The molecule has 0 amide bonds. The summed E-state index contributed by atoms with van der Waals surface area (Å²) in [6.45, 7) is 8.94. The number of piperidine rings is 1. The molecule has 1 aliphatic heterocycles. The minimum atomic E-state index is 0. The lowest BCUT2D eigenvalue weighted by Gasteiger charge is -2.32. The molecule has 102 valence electrons. The van der Waals surface area contributed by atoms with Gasteiger partial charge in [0.25, 0.3) is 0 Å². The van der Waals surface area contributed by atoms with Crippen LogP contribution in [0.1, 0.15) is 33.1 Å². The Bertz CT molecular complexity index is 213. The van der Waals surface area contributed by atoms with E-state index in [1.54, 1.807) is 0 Å². The average molecular weight is 354 g/mol. The van der Waals surface area contributed by atoms with Gasteiger partial charge in [0.1, 0.15) is 0 Å². The zero-order valence-electron chi connectivity index (χ0n) is 11.3. The van der Waals surface area contributed by atoms with E-state index in [0.29, 0.717) is 6.04 Å².